The summed E-state index contributed by atoms with van der Waals surface area (Å²) in [6, 6.07) is 0. The second-order valence-electron chi connectivity index (χ2n) is 8.68. The molecule has 1 fully saturated rings. The van der Waals surface area contributed by atoms with Gasteiger partial charge < -0.3 is 29.1 Å². The van der Waals surface area contributed by atoms with Crippen LogP contribution < -0.4 is 5.32 Å². The predicted molar refractivity (Wildman–Crippen MR) is 117 cm³/mol. The molecule has 2 aromatic heterocycles. The van der Waals surface area contributed by atoms with Crippen LogP contribution in [-0.4, -0.2) is 82.7 Å². The fraction of sp³-hybridized carbons (Fsp3) is 0.611. The Bertz CT molecular complexity index is 1170. The fourth-order valence-corrected chi connectivity index (χ4v) is 4.18. The van der Waals surface area contributed by atoms with Crippen LogP contribution in [0.15, 0.2) is 6.33 Å². The number of aromatic nitrogens is 4. The van der Waals surface area contributed by atoms with Crippen LogP contribution in [0.5, 0.6) is 0 Å². The van der Waals surface area contributed by atoms with Gasteiger partial charge in [0.2, 0.25) is 11.1 Å². The van der Waals surface area contributed by atoms with Crippen LogP contribution in [0.4, 0.5) is 15.0 Å². The molecule has 1 aliphatic rings. The normalized spacial score (nSPS) is 23.9. The largest absolute Gasteiger partial charge is 0.444 e. The number of Topliss-reactive ketones (excluding diaryl/α,β-unsaturated/α-hetero) is 1. The molecule has 0 saturated carbocycles. The van der Waals surface area contributed by atoms with Crippen molar-refractivity contribution >= 4 is 48.1 Å². The number of rotatable bonds is 7. The van der Waals surface area contributed by atoms with E-state index in [0.29, 0.717) is 0 Å². The lowest BCUT2D eigenvalue weighted by Crippen LogP contribution is -2.34. The van der Waals surface area contributed by atoms with Crippen LogP contribution >= 0.6 is 19.2 Å². The molecular formula is C18H24ClFN5O9P. The topological polar surface area (TPSA) is 195 Å². The number of aliphatic hydroxyl groups excluding tert-OH is 1. The first kappa shape index (κ1) is 27.3. The molecule has 17 heteroatoms. The number of nitrogens with one attached hydrogen (secondary N) is 1. The maximum absolute atomic E-state index is 15.0. The van der Waals surface area contributed by atoms with Crippen molar-refractivity contribution in [1.82, 2.24) is 19.5 Å². The molecule has 0 aliphatic carbocycles. The second-order valence-corrected chi connectivity index (χ2v) is 10.7. The minimum atomic E-state index is -4.95. The molecule has 1 amide bonds. The van der Waals surface area contributed by atoms with E-state index in [-0.39, 0.29) is 22.3 Å². The summed E-state index contributed by atoms with van der Waals surface area (Å²) in [5.41, 5.74) is -0.829. The lowest BCUT2D eigenvalue weighted by molar-refractivity contribution is -0.128. The molecule has 5 atom stereocenters. The quantitative estimate of drug-likeness (QED) is 0.293. The molecule has 0 unspecified atom stereocenters. The number of imidazole rings is 1. The van der Waals surface area contributed by atoms with Gasteiger partial charge in [0.05, 0.1) is 12.9 Å². The van der Waals surface area contributed by atoms with Crippen molar-refractivity contribution in [1.29, 1.82) is 0 Å². The molecule has 1 aliphatic heterocycles. The van der Waals surface area contributed by atoms with E-state index < -0.39 is 62.1 Å². The number of hydrogen-bond donors (Lipinski definition) is 4. The zero-order valence-corrected chi connectivity index (χ0v) is 20.6. The van der Waals surface area contributed by atoms with Gasteiger partial charge in [-0.25, -0.2) is 14.2 Å². The van der Waals surface area contributed by atoms with Crippen molar-refractivity contribution in [3.63, 3.8) is 0 Å². The van der Waals surface area contributed by atoms with Crippen molar-refractivity contribution in [2.24, 2.45) is 0 Å². The molecule has 194 valence electrons. The highest BCUT2D eigenvalue weighted by Gasteiger charge is 2.47. The Morgan fingerprint density at radius 1 is 1.37 bits per heavy atom. The predicted octanol–water partition coefficient (Wildman–Crippen LogP) is 1.53. The van der Waals surface area contributed by atoms with Gasteiger partial charge in [0.15, 0.2) is 35.2 Å². The van der Waals surface area contributed by atoms with Crippen molar-refractivity contribution in [3.05, 3.63) is 11.6 Å². The van der Waals surface area contributed by atoms with Crippen molar-refractivity contribution < 1.29 is 47.6 Å². The van der Waals surface area contributed by atoms with Crippen molar-refractivity contribution in [2.45, 2.75) is 63.7 Å². The Morgan fingerprint density at radius 3 is 2.60 bits per heavy atom. The molecular weight excluding hydrogens is 516 g/mol. The standard InChI is InChI=1S/C18H24ClFN5O9P/c1-7(26)15(35(29,30)31)32-5-8-11(27)9(20)14(33-8)25-6-21-10-12(22-16(19)24-13(10)25)23-17(28)34-18(2,3)4/h6,8-9,11,14-15,27H,5H2,1-4H3,(H2,29,30,31)(H,22,23,24,28)/t8-,9+,11-,14-,15-/m1/s1. The average molecular weight is 540 g/mol. The first-order valence-corrected chi connectivity index (χ1v) is 12.2. The van der Waals surface area contributed by atoms with E-state index in [1.165, 1.54) is 0 Å². The molecule has 0 radical (unpaired) electrons. The van der Waals surface area contributed by atoms with Crippen LogP contribution in [0, 0.1) is 0 Å². The minimum Gasteiger partial charge on any atom is -0.444 e. The molecule has 2 aromatic rings. The Kier molecular flexibility index (Phi) is 7.82. The number of aliphatic hydroxyl groups is 1. The maximum atomic E-state index is 15.0. The molecule has 14 nitrogen and oxygen atoms in total. The van der Waals surface area contributed by atoms with Gasteiger partial charge in [-0.15, -0.1) is 0 Å². The Hall–Kier alpha value is -2.26. The fourth-order valence-electron chi connectivity index (χ4n) is 3.27. The number of carbonyl (C=O) groups is 2. The molecule has 1 saturated heterocycles. The van der Waals surface area contributed by atoms with E-state index in [0.717, 1.165) is 17.8 Å². The van der Waals surface area contributed by atoms with Gasteiger partial charge in [-0.3, -0.25) is 19.2 Å². The van der Waals surface area contributed by atoms with E-state index in [4.69, 9.17) is 25.8 Å². The van der Waals surface area contributed by atoms with Gasteiger partial charge >= 0.3 is 13.7 Å². The summed E-state index contributed by atoms with van der Waals surface area (Å²) in [5.74, 6) is -3.15. The number of ether oxygens (including phenoxy) is 3. The van der Waals surface area contributed by atoms with E-state index in [2.05, 4.69) is 20.3 Å². The van der Waals surface area contributed by atoms with E-state index in [1.807, 2.05) is 0 Å². The van der Waals surface area contributed by atoms with Gasteiger partial charge in [-0.1, -0.05) is 0 Å². The van der Waals surface area contributed by atoms with Crippen molar-refractivity contribution in [2.75, 3.05) is 11.9 Å². The van der Waals surface area contributed by atoms with Gasteiger partial charge in [-0.2, -0.15) is 9.97 Å². The number of carbonyl (C=O) groups excluding carboxylic acids is 2. The molecule has 35 heavy (non-hydrogen) atoms. The smallest absolute Gasteiger partial charge is 0.413 e. The Labute approximate surface area is 202 Å². The van der Waals surface area contributed by atoms with Crippen LogP contribution in [0.1, 0.15) is 33.9 Å². The molecule has 0 spiro atoms. The third-order valence-electron chi connectivity index (χ3n) is 4.65. The van der Waals surface area contributed by atoms with Gasteiger partial charge in [0.1, 0.15) is 17.8 Å². The maximum Gasteiger partial charge on any atom is 0.413 e. The van der Waals surface area contributed by atoms with Crippen LogP contribution in [0.3, 0.4) is 0 Å². The van der Waals surface area contributed by atoms with Crippen molar-refractivity contribution in [3.8, 4) is 0 Å². The summed E-state index contributed by atoms with van der Waals surface area (Å²) in [7, 11) is -4.95. The lowest BCUT2D eigenvalue weighted by atomic mass is 10.1. The summed E-state index contributed by atoms with van der Waals surface area (Å²) in [6.07, 6.45) is -6.45. The zero-order chi connectivity index (χ0) is 26.3. The van der Waals surface area contributed by atoms with Crippen LogP contribution in [-0.2, 0) is 23.6 Å². The molecule has 3 heterocycles. The second kappa shape index (κ2) is 10.0. The molecule has 3 rings (SSSR count). The third kappa shape index (κ3) is 6.30. The average Bonchev–Trinajstić information content (AvgIpc) is 3.21. The monoisotopic (exact) mass is 539 g/mol. The minimum absolute atomic E-state index is 0.0170. The molecule has 4 N–H and O–H groups in total. The van der Waals surface area contributed by atoms with Crippen LogP contribution in [0.25, 0.3) is 11.2 Å². The Morgan fingerprint density at radius 2 is 2.03 bits per heavy atom. The van der Waals surface area contributed by atoms with Crippen LogP contribution in [0.2, 0.25) is 5.28 Å². The van der Waals surface area contributed by atoms with E-state index in [1.54, 1.807) is 20.8 Å². The number of anilines is 1. The first-order chi connectivity index (χ1) is 16.1. The number of nitrogens with zero attached hydrogens (tertiary/aromatic N) is 4. The van der Waals surface area contributed by atoms with Gasteiger partial charge in [-0.05, 0) is 39.3 Å². The first-order valence-electron chi connectivity index (χ1n) is 10.1. The third-order valence-corrected chi connectivity index (χ3v) is 5.95. The number of halogens is 2. The highest BCUT2D eigenvalue weighted by atomic mass is 35.5. The van der Waals surface area contributed by atoms with E-state index >= 15 is 0 Å². The molecule has 0 bridgehead atoms. The number of hydrogen-bond acceptors (Lipinski definition) is 10. The summed E-state index contributed by atoms with van der Waals surface area (Å²) < 4.78 is 43.1. The summed E-state index contributed by atoms with van der Waals surface area (Å²) in [4.78, 5) is 54.1. The number of ketones is 1. The summed E-state index contributed by atoms with van der Waals surface area (Å²) in [5, 5.41) is 12.3. The van der Waals surface area contributed by atoms with E-state index in [9.17, 15) is 33.4 Å². The number of fused-ring (bicyclic) bond motifs is 1. The van der Waals surface area contributed by atoms with Gasteiger partial charge in [0, 0.05) is 0 Å². The summed E-state index contributed by atoms with van der Waals surface area (Å²) in [6.45, 7) is 5.20. The number of alkyl halides is 1. The number of amides is 1. The lowest BCUT2D eigenvalue weighted by Gasteiger charge is -2.20. The zero-order valence-electron chi connectivity index (χ0n) is 19.0. The SMILES string of the molecule is CC(=O)[C@H](OC[C@H]1O[C@@H](n2cnc3c(NC(=O)OC(C)(C)C)nc(Cl)nc32)[C@@H](F)[C@@H]1O)P(=O)(O)O. The highest BCUT2D eigenvalue weighted by Crippen LogP contribution is 2.43. The Balaban J connectivity index is 1.84. The molecule has 0 aromatic carbocycles. The summed E-state index contributed by atoms with van der Waals surface area (Å²) >= 11 is 5.96. The van der Waals surface area contributed by atoms with Gasteiger partial charge in [0.25, 0.3) is 0 Å². The highest BCUT2D eigenvalue weighted by molar-refractivity contribution is 7.53.